The largest absolute Gasteiger partial charge is 0.330 e. The molecule has 0 aliphatic carbocycles. The van der Waals surface area contributed by atoms with E-state index in [2.05, 4.69) is 4.90 Å². The highest BCUT2D eigenvalue weighted by molar-refractivity contribution is 7.86. The molecule has 1 aliphatic heterocycles. The van der Waals surface area contributed by atoms with Gasteiger partial charge in [0.05, 0.1) is 0 Å². The van der Waals surface area contributed by atoms with E-state index in [1.165, 1.54) is 4.31 Å². The van der Waals surface area contributed by atoms with E-state index >= 15 is 0 Å². The maximum atomic E-state index is 12.3. The standard InChI is InChI=1S/C10H24N4O2S/c1-10-9-12(2)7-8-14(10)17(15,16)13(3)6-4-5-11/h10H,4-9,11H2,1-3H3. The van der Waals surface area contributed by atoms with Crippen LogP contribution < -0.4 is 5.73 Å². The fraction of sp³-hybridized carbons (Fsp3) is 1.00. The number of nitrogens with two attached hydrogens (primary N) is 1. The lowest BCUT2D eigenvalue weighted by molar-refractivity contribution is 0.163. The number of hydrogen-bond donors (Lipinski definition) is 1. The Hall–Kier alpha value is -0.210. The fourth-order valence-electron chi connectivity index (χ4n) is 2.07. The third-order valence-corrected chi connectivity index (χ3v) is 5.24. The molecular weight excluding hydrogens is 240 g/mol. The molecule has 1 aliphatic rings. The zero-order valence-corrected chi connectivity index (χ0v) is 11.8. The molecule has 17 heavy (non-hydrogen) atoms. The molecule has 1 atom stereocenters. The van der Waals surface area contributed by atoms with Gasteiger partial charge in [0, 0.05) is 39.3 Å². The van der Waals surface area contributed by atoms with Gasteiger partial charge in [-0.2, -0.15) is 17.0 Å². The topological polar surface area (TPSA) is 69.9 Å². The van der Waals surface area contributed by atoms with Crippen molar-refractivity contribution in [3.05, 3.63) is 0 Å². The molecule has 6 nitrogen and oxygen atoms in total. The van der Waals surface area contributed by atoms with Gasteiger partial charge in [0.15, 0.2) is 0 Å². The molecule has 7 heteroatoms. The second kappa shape index (κ2) is 6.10. The monoisotopic (exact) mass is 264 g/mol. The molecule has 0 aromatic heterocycles. The molecule has 1 fully saturated rings. The lowest BCUT2D eigenvalue weighted by atomic mass is 10.2. The molecule has 0 saturated carbocycles. The van der Waals surface area contributed by atoms with Crippen LogP contribution in [-0.4, -0.2) is 74.8 Å². The molecule has 2 N–H and O–H groups in total. The molecule has 1 rings (SSSR count). The zero-order valence-electron chi connectivity index (χ0n) is 11.0. The quantitative estimate of drug-likeness (QED) is 0.702. The van der Waals surface area contributed by atoms with E-state index in [-0.39, 0.29) is 6.04 Å². The Morgan fingerprint density at radius 2 is 2.06 bits per heavy atom. The molecule has 0 radical (unpaired) electrons. The van der Waals surface area contributed by atoms with Crippen molar-refractivity contribution >= 4 is 10.2 Å². The first-order valence-corrected chi connectivity index (χ1v) is 7.41. The summed E-state index contributed by atoms with van der Waals surface area (Å²) in [6.07, 6.45) is 0.692. The molecule has 0 aromatic carbocycles. The Morgan fingerprint density at radius 3 is 2.59 bits per heavy atom. The van der Waals surface area contributed by atoms with Gasteiger partial charge in [0.1, 0.15) is 0 Å². The fourth-order valence-corrected chi connectivity index (χ4v) is 3.63. The number of likely N-dealkylation sites (N-methyl/N-ethyl adjacent to an activating group) is 1. The number of nitrogens with zero attached hydrogens (tertiary/aromatic N) is 3. The van der Waals surface area contributed by atoms with E-state index < -0.39 is 10.2 Å². The second-order valence-electron chi connectivity index (χ2n) is 4.69. The van der Waals surface area contributed by atoms with Crippen molar-refractivity contribution in [2.24, 2.45) is 5.73 Å². The summed E-state index contributed by atoms with van der Waals surface area (Å²) in [6.45, 7) is 5.07. The van der Waals surface area contributed by atoms with Gasteiger partial charge >= 0.3 is 0 Å². The lowest BCUT2D eigenvalue weighted by Gasteiger charge is -2.38. The molecule has 1 heterocycles. The molecule has 0 aromatic rings. The maximum Gasteiger partial charge on any atom is 0.282 e. The van der Waals surface area contributed by atoms with Gasteiger partial charge in [-0.15, -0.1) is 0 Å². The summed E-state index contributed by atoms with van der Waals surface area (Å²) >= 11 is 0. The molecule has 1 unspecified atom stereocenters. The van der Waals surface area contributed by atoms with Crippen molar-refractivity contribution in [1.82, 2.24) is 13.5 Å². The predicted octanol–water partition coefficient (Wildman–Crippen LogP) is -0.852. The number of hydrogen-bond acceptors (Lipinski definition) is 4. The molecular formula is C10H24N4O2S. The van der Waals surface area contributed by atoms with Crippen LogP contribution in [0.1, 0.15) is 13.3 Å². The van der Waals surface area contributed by atoms with Crippen LogP contribution in [0.2, 0.25) is 0 Å². The van der Waals surface area contributed by atoms with E-state index in [4.69, 9.17) is 5.73 Å². The van der Waals surface area contributed by atoms with Gasteiger partial charge in [-0.05, 0) is 26.9 Å². The number of piperazine rings is 1. The van der Waals surface area contributed by atoms with Crippen molar-refractivity contribution in [2.75, 3.05) is 46.8 Å². The SMILES string of the molecule is CC1CN(C)CCN1S(=O)(=O)N(C)CCCN. The summed E-state index contributed by atoms with van der Waals surface area (Å²) < 4.78 is 27.6. The van der Waals surface area contributed by atoms with Gasteiger partial charge in [0.2, 0.25) is 0 Å². The van der Waals surface area contributed by atoms with Crippen molar-refractivity contribution in [3.8, 4) is 0 Å². The van der Waals surface area contributed by atoms with Crippen LogP contribution in [0.25, 0.3) is 0 Å². The zero-order chi connectivity index (χ0) is 13.1. The molecule has 0 bridgehead atoms. The van der Waals surface area contributed by atoms with E-state index in [1.807, 2.05) is 14.0 Å². The van der Waals surface area contributed by atoms with Crippen LogP contribution in [0, 0.1) is 0 Å². The summed E-state index contributed by atoms with van der Waals surface area (Å²) in [4.78, 5) is 2.15. The van der Waals surface area contributed by atoms with Crippen LogP contribution >= 0.6 is 0 Å². The minimum absolute atomic E-state index is 0.0269. The first-order chi connectivity index (χ1) is 7.89. The lowest BCUT2D eigenvalue weighted by Crippen LogP contribution is -2.56. The highest BCUT2D eigenvalue weighted by Gasteiger charge is 2.33. The van der Waals surface area contributed by atoms with E-state index in [9.17, 15) is 8.42 Å². The highest BCUT2D eigenvalue weighted by Crippen LogP contribution is 2.15. The Kier molecular flexibility index (Phi) is 5.33. The van der Waals surface area contributed by atoms with Gasteiger partial charge in [0.25, 0.3) is 10.2 Å². The average molecular weight is 264 g/mol. The smallest absolute Gasteiger partial charge is 0.282 e. The van der Waals surface area contributed by atoms with Crippen molar-refractivity contribution in [3.63, 3.8) is 0 Å². The van der Waals surface area contributed by atoms with E-state index in [0.29, 0.717) is 26.1 Å². The van der Waals surface area contributed by atoms with Crippen LogP contribution in [0.3, 0.4) is 0 Å². The van der Waals surface area contributed by atoms with Gasteiger partial charge in [-0.25, -0.2) is 0 Å². The maximum absolute atomic E-state index is 12.3. The Labute approximate surface area is 105 Å². The highest BCUT2D eigenvalue weighted by atomic mass is 32.2. The van der Waals surface area contributed by atoms with E-state index in [0.717, 1.165) is 13.1 Å². The average Bonchev–Trinajstić information content (AvgIpc) is 2.25. The second-order valence-corrected chi connectivity index (χ2v) is 6.68. The van der Waals surface area contributed by atoms with Gasteiger partial charge in [-0.1, -0.05) is 0 Å². The summed E-state index contributed by atoms with van der Waals surface area (Å²) in [7, 11) is 0.311. The third kappa shape index (κ3) is 3.62. The Bertz CT molecular complexity index is 333. The molecule has 0 spiro atoms. The third-order valence-electron chi connectivity index (χ3n) is 3.14. The van der Waals surface area contributed by atoms with Crippen LogP contribution in [0.4, 0.5) is 0 Å². The van der Waals surface area contributed by atoms with Crippen molar-refractivity contribution in [1.29, 1.82) is 0 Å². The number of rotatable bonds is 5. The summed E-state index contributed by atoms with van der Waals surface area (Å²) in [5, 5.41) is 0. The summed E-state index contributed by atoms with van der Waals surface area (Å²) in [5.74, 6) is 0. The summed E-state index contributed by atoms with van der Waals surface area (Å²) in [5.41, 5.74) is 5.40. The minimum atomic E-state index is -3.32. The Balaban J connectivity index is 2.69. The van der Waals surface area contributed by atoms with Gasteiger partial charge < -0.3 is 10.6 Å². The molecule has 0 amide bonds. The van der Waals surface area contributed by atoms with E-state index in [1.54, 1.807) is 11.4 Å². The predicted molar refractivity (Wildman–Crippen MR) is 68.9 cm³/mol. The first-order valence-electron chi connectivity index (χ1n) is 6.01. The molecule has 1 saturated heterocycles. The van der Waals surface area contributed by atoms with Crippen molar-refractivity contribution in [2.45, 2.75) is 19.4 Å². The van der Waals surface area contributed by atoms with Gasteiger partial charge in [-0.3, -0.25) is 0 Å². The summed E-state index contributed by atoms with van der Waals surface area (Å²) in [6, 6.07) is 0.0269. The Morgan fingerprint density at radius 1 is 1.41 bits per heavy atom. The van der Waals surface area contributed by atoms with Crippen molar-refractivity contribution < 1.29 is 8.42 Å². The van der Waals surface area contributed by atoms with Crippen LogP contribution in [0.15, 0.2) is 0 Å². The molecule has 102 valence electrons. The normalized spacial score (nSPS) is 24.4. The van der Waals surface area contributed by atoms with Crippen LogP contribution in [-0.2, 0) is 10.2 Å². The minimum Gasteiger partial charge on any atom is -0.330 e. The van der Waals surface area contributed by atoms with Crippen LogP contribution in [0.5, 0.6) is 0 Å². The first kappa shape index (κ1) is 14.8.